The average molecular weight is 846 g/mol. The number of fused-ring (bicyclic) bond motifs is 4. The zero-order valence-electron chi connectivity index (χ0n) is 34.1. The van der Waals surface area contributed by atoms with Crippen LogP contribution in [0.25, 0.3) is 0 Å². The van der Waals surface area contributed by atoms with Crippen LogP contribution in [0.2, 0.25) is 5.02 Å². The van der Waals surface area contributed by atoms with Crippen molar-refractivity contribution in [3.8, 4) is 11.6 Å². The number of imidazole rings is 1. The van der Waals surface area contributed by atoms with E-state index in [-0.39, 0.29) is 46.8 Å². The summed E-state index contributed by atoms with van der Waals surface area (Å²) >= 11 is 6.50. The number of methoxy groups -OCH3 is 2. The second-order valence-electron chi connectivity index (χ2n) is 16.4. The molecule has 14 nitrogen and oxygen atoms in total. The summed E-state index contributed by atoms with van der Waals surface area (Å²) in [7, 11) is 2.85. The summed E-state index contributed by atoms with van der Waals surface area (Å²) in [5.74, 6) is -0.253. The Labute approximate surface area is 350 Å². The first-order chi connectivity index (χ1) is 28.4. The fraction of sp³-hybridized carbons (Fsp3) is 0.488. The summed E-state index contributed by atoms with van der Waals surface area (Å²) in [5, 5.41) is 4.91. The molecule has 7 atom stereocenters. The van der Waals surface area contributed by atoms with E-state index in [0.29, 0.717) is 37.2 Å². The first kappa shape index (κ1) is 41.1. The van der Waals surface area contributed by atoms with Gasteiger partial charge in [-0.25, -0.2) is 9.19 Å². The summed E-state index contributed by atoms with van der Waals surface area (Å²) < 4.78 is 50.1. The molecule has 16 heteroatoms. The zero-order chi connectivity index (χ0) is 41.5. The van der Waals surface area contributed by atoms with Crippen LogP contribution in [0.3, 0.4) is 0 Å². The van der Waals surface area contributed by atoms with Gasteiger partial charge in [0.15, 0.2) is 0 Å². The number of halogens is 1. The Kier molecular flexibility index (Phi) is 11.7. The van der Waals surface area contributed by atoms with Gasteiger partial charge in [0.05, 0.1) is 37.4 Å². The maximum atomic E-state index is 15.1. The van der Waals surface area contributed by atoms with Gasteiger partial charge >= 0.3 is 0 Å². The molecule has 1 spiro atoms. The van der Waals surface area contributed by atoms with Crippen LogP contribution < -0.4 is 19.1 Å². The lowest BCUT2D eigenvalue weighted by Gasteiger charge is -2.46. The van der Waals surface area contributed by atoms with Crippen LogP contribution in [-0.2, 0) is 51.9 Å². The molecule has 0 saturated heterocycles. The molecular weight excluding hydrogens is 794 g/mol. The average Bonchev–Trinajstić information content (AvgIpc) is 3.76. The molecule has 4 aliphatic rings. The number of rotatable bonds is 7. The number of nitrogens with one attached hydrogen (secondary N) is 1. The van der Waals surface area contributed by atoms with Crippen molar-refractivity contribution in [2.24, 2.45) is 36.2 Å². The minimum atomic E-state index is -3.81. The highest BCUT2D eigenvalue weighted by atomic mass is 35.5. The number of aromatic nitrogens is 4. The fourth-order valence-corrected chi connectivity index (χ4v) is 11.3. The van der Waals surface area contributed by atoms with Gasteiger partial charge in [0.25, 0.3) is 11.8 Å². The van der Waals surface area contributed by atoms with E-state index < -0.39 is 33.8 Å². The lowest BCUT2D eigenvalue weighted by atomic mass is 9.68. The minimum Gasteiger partial charge on any atom is -0.490 e. The van der Waals surface area contributed by atoms with E-state index in [4.69, 9.17) is 30.5 Å². The second kappa shape index (κ2) is 16.7. The summed E-state index contributed by atoms with van der Waals surface area (Å²) in [5.41, 5.74) is 3.23. The molecule has 8 rings (SSSR count). The highest BCUT2D eigenvalue weighted by Gasteiger charge is 2.44. The van der Waals surface area contributed by atoms with E-state index in [0.717, 1.165) is 42.8 Å². The Morgan fingerprint density at radius 1 is 1.12 bits per heavy atom. The molecule has 2 aromatic heterocycles. The van der Waals surface area contributed by atoms with Crippen molar-refractivity contribution in [3.05, 3.63) is 100 Å². The Morgan fingerprint density at radius 2 is 1.95 bits per heavy atom. The number of carbonyl (C=O) groups excluding carboxylic acids is 2. The summed E-state index contributed by atoms with van der Waals surface area (Å²) in [4.78, 5) is 35.0. The predicted molar refractivity (Wildman–Crippen MR) is 224 cm³/mol. The van der Waals surface area contributed by atoms with Gasteiger partial charge in [-0.1, -0.05) is 36.7 Å². The van der Waals surface area contributed by atoms with Gasteiger partial charge in [0, 0.05) is 74.8 Å². The molecule has 59 heavy (non-hydrogen) atoms. The van der Waals surface area contributed by atoms with E-state index >= 15 is 4.21 Å². The third-order valence-electron chi connectivity index (χ3n) is 12.5. The van der Waals surface area contributed by atoms with Gasteiger partial charge in [-0.05, 0) is 85.4 Å². The Hall–Kier alpha value is -4.70. The van der Waals surface area contributed by atoms with Gasteiger partial charge in [-0.15, -0.1) is 9.46 Å². The monoisotopic (exact) mass is 845 g/mol. The Bertz CT molecular complexity index is 2390. The van der Waals surface area contributed by atoms with E-state index in [2.05, 4.69) is 36.2 Å². The van der Waals surface area contributed by atoms with Crippen LogP contribution in [0.4, 0.5) is 5.69 Å². The van der Waals surface area contributed by atoms with Crippen LogP contribution in [0.15, 0.2) is 71.5 Å². The summed E-state index contributed by atoms with van der Waals surface area (Å²) in [6, 6.07) is 11.5. The molecule has 2 aliphatic carbocycles. The molecule has 4 aromatic rings. The molecule has 0 radical (unpaired) electrons. The number of anilines is 1. The van der Waals surface area contributed by atoms with Crippen molar-refractivity contribution in [1.82, 2.24) is 24.1 Å². The van der Waals surface area contributed by atoms with Crippen molar-refractivity contribution < 1.29 is 32.7 Å². The van der Waals surface area contributed by atoms with E-state index in [1.165, 1.54) is 29.1 Å². The highest BCUT2D eigenvalue weighted by Crippen LogP contribution is 2.47. The lowest BCUT2D eigenvalue weighted by molar-refractivity contribution is 0.00960. The van der Waals surface area contributed by atoms with Crippen molar-refractivity contribution in [2.75, 3.05) is 44.6 Å². The summed E-state index contributed by atoms with van der Waals surface area (Å²) in [6.45, 7) is 3.89. The number of carbonyl (C=O) groups is 2. The minimum absolute atomic E-state index is 0.0481. The molecule has 1 fully saturated rings. The van der Waals surface area contributed by atoms with Crippen LogP contribution in [-0.4, -0.2) is 87.2 Å². The van der Waals surface area contributed by atoms with Gasteiger partial charge in [0.1, 0.15) is 33.7 Å². The molecule has 2 aromatic carbocycles. The molecular formula is C43H52ClN7O7S. The first-order valence-corrected chi connectivity index (χ1v) is 22.2. The normalized spacial score (nSPS) is 28.6. The third kappa shape index (κ3) is 8.39. The standard InChI is InChI=1S/C43H52ClN7O7S/c1-27-24-59(54,48-41(53)33-22-50(3)46-42(33)56-5)47-40(52)29-9-13-38-35(20-29)51(25-43(26-58-38)16-6-7-28-19-31(44)10-12-34(28)43)21-30-8-11-32(30)37(55-4)15-14-36(27)57-23-39-45-17-18-49(39)2/h9-10,12-15,17-20,22,27,30,32,36-37H,6-8,11,16,21,23-26H2,1-5H3,(H,47,48,52,53,54)/b15-14+/t27-,30+,32-,36+,37+,43+,59+/m1/s1. The Balaban J connectivity index is 1.22. The molecule has 1 N–H and O–H groups in total. The van der Waals surface area contributed by atoms with E-state index in [1.54, 1.807) is 32.5 Å². The lowest BCUT2D eigenvalue weighted by Crippen LogP contribution is -2.49. The summed E-state index contributed by atoms with van der Waals surface area (Å²) in [6.07, 6.45) is 13.1. The number of hydrogen-bond acceptors (Lipinski definition) is 10. The van der Waals surface area contributed by atoms with Crippen molar-refractivity contribution in [1.29, 1.82) is 0 Å². The topological polar surface area (TPSA) is 151 Å². The third-order valence-corrected chi connectivity index (χ3v) is 14.7. The number of amides is 2. The van der Waals surface area contributed by atoms with Crippen LogP contribution in [0, 0.1) is 17.8 Å². The highest BCUT2D eigenvalue weighted by molar-refractivity contribution is 7.92. The van der Waals surface area contributed by atoms with E-state index in [9.17, 15) is 9.59 Å². The zero-order valence-corrected chi connectivity index (χ0v) is 35.7. The van der Waals surface area contributed by atoms with Gasteiger partial charge < -0.3 is 28.4 Å². The second-order valence-corrected chi connectivity index (χ2v) is 18.9. The SMILES string of the molecule is COc1nn(C)cc1C(=O)N[S@@]1(=O)=NC(=O)c2ccc3c(c2)N(C[C@@H]2CC[C@H]2[C@@H](OC)/C=C/[C@H](OCc2nccn2C)[C@H](C)C1)C[C@@]1(CCCc2cc(Cl)ccc21)CO3. The number of nitrogens with zero attached hydrogens (tertiary/aromatic N) is 6. The maximum absolute atomic E-state index is 15.1. The molecule has 2 amide bonds. The van der Waals surface area contributed by atoms with Crippen LogP contribution >= 0.6 is 11.6 Å². The first-order valence-electron chi connectivity index (χ1n) is 20.2. The Morgan fingerprint density at radius 3 is 2.69 bits per heavy atom. The molecule has 2 bridgehead atoms. The van der Waals surface area contributed by atoms with Gasteiger partial charge in [-0.3, -0.25) is 19.0 Å². The molecule has 2 aliphatic heterocycles. The fourth-order valence-electron chi connectivity index (χ4n) is 9.23. The van der Waals surface area contributed by atoms with Gasteiger partial charge in [0.2, 0.25) is 5.88 Å². The van der Waals surface area contributed by atoms with Crippen LogP contribution in [0.5, 0.6) is 11.6 Å². The van der Waals surface area contributed by atoms with Crippen LogP contribution in [0.1, 0.15) is 70.3 Å². The number of hydrogen-bond donors (Lipinski definition) is 1. The quantitative estimate of drug-likeness (QED) is 0.217. The number of aryl methyl sites for hydroxylation is 3. The maximum Gasteiger partial charge on any atom is 0.286 e. The predicted octanol–water partition coefficient (Wildman–Crippen LogP) is 6.07. The van der Waals surface area contributed by atoms with Crippen molar-refractivity contribution in [2.45, 2.75) is 63.3 Å². The number of benzene rings is 2. The molecule has 1 saturated carbocycles. The largest absolute Gasteiger partial charge is 0.490 e. The molecule has 314 valence electrons. The molecule has 4 heterocycles. The van der Waals surface area contributed by atoms with E-state index in [1.807, 2.05) is 49.0 Å². The molecule has 0 unspecified atom stereocenters. The van der Waals surface area contributed by atoms with Gasteiger partial charge in [-0.2, -0.15) is 0 Å². The van der Waals surface area contributed by atoms with Crippen molar-refractivity contribution in [3.63, 3.8) is 0 Å². The smallest absolute Gasteiger partial charge is 0.286 e. The van der Waals surface area contributed by atoms with Crippen molar-refractivity contribution >= 4 is 39.0 Å². The number of ether oxygens (including phenoxy) is 4.